The molecule has 0 bridgehead atoms. The molecule has 0 aliphatic carbocycles. The van der Waals surface area contributed by atoms with E-state index < -0.39 is 0 Å². The maximum absolute atomic E-state index is 11.1. The monoisotopic (exact) mass is 189 g/mol. The first-order valence-electron chi connectivity index (χ1n) is 5.09. The lowest BCUT2D eigenvalue weighted by molar-refractivity contribution is -0.119. The summed E-state index contributed by atoms with van der Waals surface area (Å²) < 4.78 is 0. The van der Waals surface area contributed by atoms with Gasteiger partial charge in [-0.25, -0.2) is 0 Å². The van der Waals surface area contributed by atoms with Gasteiger partial charge in [0.05, 0.1) is 0 Å². The molecule has 1 aromatic rings. The average Bonchev–Trinajstić information content (AvgIpc) is 2.47. The Kier molecular flexibility index (Phi) is 2.53. The topological polar surface area (TPSA) is 29.1 Å². The van der Waals surface area contributed by atoms with Gasteiger partial charge >= 0.3 is 0 Å². The predicted octanol–water partition coefficient (Wildman–Crippen LogP) is 1.75. The molecule has 1 saturated heterocycles. The number of nitrogens with one attached hydrogen (secondary N) is 1. The van der Waals surface area contributed by atoms with Gasteiger partial charge < -0.3 is 5.32 Å². The van der Waals surface area contributed by atoms with E-state index >= 15 is 0 Å². The average molecular weight is 189 g/mol. The molecule has 2 heteroatoms. The van der Waals surface area contributed by atoms with Crippen LogP contribution >= 0.6 is 0 Å². The second-order valence-electron chi connectivity index (χ2n) is 4.01. The molecule has 2 atom stereocenters. The van der Waals surface area contributed by atoms with Crippen LogP contribution in [0.4, 0.5) is 0 Å². The molecule has 1 N–H and O–H groups in total. The molecular weight excluding hydrogens is 174 g/mol. The summed E-state index contributed by atoms with van der Waals surface area (Å²) in [6, 6.07) is 10.7. The Hall–Kier alpha value is -1.31. The second kappa shape index (κ2) is 3.82. The fourth-order valence-corrected chi connectivity index (χ4v) is 2.01. The number of hydrogen-bond acceptors (Lipinski definition) is 1. The van der Waals surface area contributed by atoms with E-state index in [0.29, 0.717) is 18.4 Å². The van der Waals surface area contributed by atoms with E-state index in [4.69, 9.17) is 0 Å². The molecule has 1 aliphatic heterocycles. The standard InChI is InChI=1S/C12H15NO/c1-9-11(8-12(14)13-9)7-10-5-3-2-4-6-10/h2-6,9,11H,7-8H2,1H3,(H,13,14). The van der Waals surface area contributed by atoms with E-state index in [1.54, 1.807) is 0 Å². The van der Waals surface area contributed by atoms with Crippen molar-refractivity contribution in [3.8, 4) is 0 Å². The first-order valence-corrected chi connectivity index (χ1v) is 5.09. The number of carbonyl (C=O) groups is 1. The zero-order chi connectivity index (χ0) is 9.97. The summed E-state index contributed by atoms with van der Waals surface area (Å²) in [5.74, 6) is 0.656. The highest BCUT2D eigenvalue weighted by Crippen LogP contribution is 2.20. The smallest absolute Gasteiger partial charge is 0.220 e. The normalized spacial score (nSPS) is 26.2. The van der Waals surface area contributed by atoms with Crippen LogP contribution in [0.3, 0.4) is 0 Å². The highest BCUT2D eigenvalue weighted by atomic mass is 16.1. The predicted molar refractivity (Wildman–Crippen MR) is 55.9 cm³/mol. The number of benzene rings is 1. The van der Waals surface area contributed by atoms with E-state index in [9.17, 15) is 4.79 Å². The summed E-state index contributed by atoms with van der Waals surface area (Å²) in [6.07, 6.45) is 1.68. The largest absolute Gasteiger partial charge is 0.353 e. The molecular formula is C12H15NO. The maximum Gasteiger partial charge on any atom is 0.220 e. The summed E-state index contributed by atoms with van der Waals surface area (Å²) in [4.78, 5) is 11.1. The van der Waals surface area contributed by atoms with Gasteiger partial charge in [0.25, 0.3) is 0 Å². The molecule has 2 rings (SSSR count). The van der Waals surface area contributed by atoms with Crippen LogP contribution in [0, 0.1) is 5.92 Å². The van der Waals surface area contributed by atoms with Crippen molar-refractivity contribution in [1.82, 2.24) is 5.32 Å². The Labute approximate surface area is 84.3 Å². The van der Waals surface area contributed by atoms with Crippen LogP contribution < -0.4 is 5.32 Å². The van der Waals surface area contributed by atoms with E-state index in [2.05, 4.69) is 24.4 Å². The zero-order valence-corrected chi connectivity index (χ0v) is 8.36. The highest BCUT2D eigenvalue weighted by Gasteiger charge is 2.28. The van der Waals surface area contributed by atoms with E-state index in [1.165, 1.54) is 5.56 Å². The van der Waals surface area contributed by atoms with E-state index in [-0.39, 0.29) is 5.91 Å². The minimum Gasteiger partial charge on any atom is -0.353 e. The molecule has 1 amide bonds. The summed E-state index contributed by atoms with van der Waals surface area (Å²) >= 11 is 0. The fraction of sp³-hybridized carbons (Fsp3) is 0.417. The van der Waals surface area contributed by atoms with Gasteiger partial charge in [0.1, 0.15) is 0 Å². The van der Waals surface area contributed by atoms with Crippen LogP contribution in [0.15, 0.2) is 30.3 Å². The summed E-state index contributed by atoms with van der Waals surface area (Å²) in [7, 11) is 0. The van der Waals surface area contributed by atoms with Gasteiger partial charge in [-0.2, -0.15) is 0 Å². The molecule has 0 saturated carbocycles. The van der Waals surface area contributed by atoms with Gasteiger partial charge in [-0.3, -0.25) is 4.79 Å². The fourth-order valence-electron chi connectivity index (χ4n) is 2.01. The van der Waals surface area contributed by atoms with E-state index in [0.717, 1.165) is 6.42 Å². The zero-order valence-electron chi connectivity index (χ0n) is 8.36. The molecule has 74 valence electrons. The van der Waals surface area contributed by atoms with Crippen molar-refractivity contribution in [2.75, 3.05) is 0 Å². The molecule has 1 fully saturated rings. The third-order valence-electron chi connectivity index (χ3n) is 2.88. The molecule has 1 aromatic carbocycles. The molecule has 0 spiro atoms. The third-order valence-corrected chi connectivity index (χ3v) is 2.88. The number of amides is 1. The van der Waals surface area contributed by atoms with Gasteiger partial charge in [0.2, 0.25) is 5.91 Å². The highest BCUT2D eigenvalue weighted by molar-refractivity contribution is 5.78. The molecule has 14 heavy (non-hydrogen) atoms. The summed E-state index contributed by atoms with van der Waals surface area (Å²) in [5, 5.41) is 2.95. The number of carbonyl (C=O) groups excluding carboxylic acids is 1. The van der Waals surface area contributed by atoms with Crippen LogP contribution in [0.2, 0.25) is 0 Å². The van der Waals surface area contributed by atoms with Crippen LogP contribution in [-0.4, -0.2) is 11.9 Å². The van der Waals surface area contributed by atoms with Crippen LogP contribution in [0.1, 0.15) is 18.9 Å². The van der Waals surface area contributed by atoms with Crippen molar-refractivity contribution in [3.05, 3.63) is 35.9 Å². The van der Waals surface area contributed by atoms with Crippen molar-refractivity contribution in [1.29, 1.82) is 0 Å². The lowest BCUT2D eigenvalue weighted by Crippen LogP contribution is -2.26. The number of hydrogen-bond donors (Lipinski definition) is 1. The Morgan fingerprint density at radius 1 is 1.36 bits per heavy atom. The third kappa shape index (κ3) is 1.95. The second-order valence-corrected chi connectivity index (χ2v) is 4.01. The summed E-state index contributed by atoms with van der Waals surface area (Å²) in [5.41, 5.74) is 1.32. The lowest BCUT2D eigenvalue weighted by atomic mass is 9.93. The van der Waals surface area contributed by atoms with Crippen molar-refractivity contribution in [3.63, 3.8) is 0 Å². The molecule has 2 nitrogen and oxygen atoms in total. The molecule has 0 radical (unpaired) electrons. The molecule has 1 heterocycles. The molecule has 0 aromatic heterocycles. The Balaban J connectivity index is 2.02. The first kappa shape index (κ1) is 9.25. The van der Waals surface area contributed by atoms with Crippen molar-refractivity contribution >= 4 is 5.91 Å². The molecule has 2 unspecified atom stereocenters. The quantitative estimate of drug-likeness (QED) is 0.754. The van der Waals surface area contributed by atoms with Crippen molar-refractivity contribution in [2.24, 2.45) is 5.92 Å². The Morgan fingerprint density at radius 3 is 2.64 bits per heavy atom. The minimum atomic E-state index is 0.193. The van der Waals surface area contributed by atoms with Gasteiger partial charge in [0, 0.05) is 12.5 Å². The minimum absolute atomic E-state index is 0.193. The Morgan fingerprint density at radius 2 is 2.07 bits per heavy atom. The van der Waals surface area contributed by atoms with Gasteiger partial charge in [0.15, 0.2) is 0 Å². The van der Waals surface area contributed by atoms with Crippen LogP contribution in [-0.2, 0) is 11.2 Å². The molecule has 1 aliphatic rings. The van der Waals surface area contributed by atoms with Crippen LogP contribution in [0.5, 0.6) is 0 Å². The van der Waals surface area contributed by atoms with Crippen molar-refractivity contribution in [2.45, 2.75) is 25.8 Å². The maximum atomic E-state index is 11.1. The first-order chi connectivity index (χ1) is 6.75. The summed E-state index contributed by atoms with van der Waals surface area (Å²) in [6.45, 7) is 2.08. The van der Waals surface area contributed by atoms with E-state index in [1.807, 2.05) is 18.2 Å². The number of rotatable bonds is 2. The van der Waals surface area contributed by atoms with Crippen molar-refractivity contribution < 1.29 is 4.79 Å². The van der Waals surface area contributed by atoms with Crippen LogP contribution in [0.25, 0.3) is 0 Å². The SMILES string of the molecule is CC1NC(=O)CC1Cc1ccccc1. The Bertz CT molecular complexity index is 320. The van der Waals surface area contributed by atoms with Gasteiger partial charge in [-0.1, -0.05) is 30.3 Å². The lowest BCUT2D eigenvalue weighted by Gasteiger charge is -2.13. The van der Waals surface area contributed by atoms with Gasteiger partial charge in [-0.05, 0) is 24.8 Å². The van der Waals surface area contributed by atoms with Gasteiger partial charge in [-0.15, -0.1) is 0 Å².